The van der Waals surface area contributed by atoms with Crippen molar-refractivity contribution in [3.05, 3.63) is 41.6 Å². The van der Waals surface area contributed by atoms with E-state index in [0.717, 1.165) is 31.5 Å². The van der Waals surface area contributed by atoms with Gasteiger partial charge in [-0.3, -0.25) is 14.5 Å². The first kappa shape index (κ1) is 23.4. The molecule has 0 radical (unpaired) electrons. The van der Waals surface area contributed by atoms with Crippen molar-refractivity contribution < 1.29 is 22.9 Å². The van der Waals surface area contributed by atoms with Crippen LogP contribution in [0.1, 0.15) is 43.6 Å². The van der Waals surface area contributed by atoms with Crippen molar-refractivity contribution in [3.8, 4) is 11.3 Å². The molecule has 2 atom stereocenters. The van der Waals surface area contributed by atoms with Crippen LogP contribution in [0.5, 0.6) is 0 Å². The van der Waals surface area contributed by atoms with E-state index in [1.165, 1.54) is 12.1 Å². The number of piperidine rings is 1. The van der Waals surface area contributed by atoms with Crippen LogP contribution < -0.4 is 5.32 Å². The summed E-state index contributed by atoms with van der Waals surface area (Å²) in [6.45, 7) is 5.90. The minimum absolute atomic E-state index is 0.0142. The fourth-order valence-electron chi connectivity index (χ4n) is 4.98. The van der Waals surface area contributed by atoms with E-state index in [1.54, 1.807) is 19.0 Å². The second-order valence-corrected chi connectivity index (χ2v) is 10.1. The van der Waals surface area contributed by atoms with Crippen LogP contribution >= 0.6 is 0 Å². The third kappa shape index (κ3) is 4.93. The van der Waals surface area contributed by atoms with Gasteiger partial charge in [0.15, 0.2) is 11.5 Å². The number of amides is 2. The molecular formula is C24H30F2N4O3. The average Bonchev–Trinajstić information content (AvgIpc) is 3.21. The zero-order chi connectivity index (χ0) is 23.9. The van der Waals surface area contributed by atoms with E-state index < -0.39 is 17.5 Å². The van der Waals surface area contributed by atoms with Gasteiger partial charge in [0.25, 0.3) is 5.91 Å². The van der Waals surface area contributed by atoms with Crippen molar-refractivity contribution in [1.29, 1.82) is 0 Å². The molecule has 2 fully saturated rings. The highest BCUT2D eigenvalue weighted by atomic mass is 19.1. The highest BCUT2D eigenvalue weighted by Gasteiger charge is 2.44. The third-order valence-corrected chi connectivity index (χ3v) is 6.75. The third-order valence-electron chi connectivity index (χ3n) is 6.75. The van der Waals surface area contributed by atoms with Crippen LogP contribution in [0.2, 0.25) is 0 Å². The molecule has 1 saturated carbocycles. The first-order chi connectivity index (χ1) is 15.5. The predicted octanol–water partition coefficient (Wildman–Crippen LogP) is 3.32. The minimum Gasteiger partial charge on any atom is -0.355 e. The van der Waals surface area contributed by atoms with E-state index in [0.29, 0.717) is 24.4 Å². The molecule has 2 aliphatic rings. The molecule has 2 amide bonds. The Morgan fingerprint density at radius 1 is 1.21 bits per heavy atom. The quantitative estimate of drug-likeness (QED) is 0.741. The normalized spacial score (nSPS) is 23.1. The number of nitrogens with zero attached hydrogens (tertiary/aromatic N) is 3. The SMILES string of the molecule is CN(C)C(=O)[C@@H]1CN(C2CC(C)(C)C2)CC[C@H]1NC(=O)c1cc(-c2ccc(F)cc2F)on1. The average molecular weight is 461 g/mol. The lowest BCUT2D eigenvalue weighted by Crippen LogP contribution is -2.60. The lowest BCUT2D eigenvalue weighted by molar-refractivity contribution is -0.137. The van der Waals surface area contributed by atoms with Crippen LogP contribution in [-0.2, 0) is 4.79 Å². The second kappa shape index (κ2) is 8.85. The Bertz CT molecular complexity index is 1040. The van der Waals surface area contributed by atoms with Crippen molar-refractivity contribution in [3.63, 3.8) is 0 Å². The standard InChI is InChI=1S/C24H30F2N4O3/c1-24(2)11-15(12-24)30-8-7-19(17(13-30)23(32)29(3)4)27-22(31)20-10-21(33-28-20)16-6-5-14(25)9-18(16)26/h5-6,9-10,15,17,19H,7-8,11-13H2,1-4H3,(H,27,31)/t17-,19-/m1/s1. The van der Waals surface area contributed by atoms with E-state index in [4.69, 9.17) is 4.52 Å². The van der Waals surface area contributed by atoms with Crippen LogP contribution in [0.4, 0.5) is 8.78 Å². The molecule has 2 heterocycles. The van der Waals surface area contributed by atoms with E-state index in [2.05, 4.69) is 29.2 Å². The number of likely N-dealkylation sites (tertiary alicyclic amines) is 1. The first-order valence-corrected chi connectivity index (χ1v) is 11.2. The maximum Gasteiger partial charge on any atom is 0.273 e. The number of hydrogen-bond acceptors (Lipinski definition) is 5. The minimum atomic E-state index is -0.804. The smallest absolute Gasteiger partial charge is 0.273 e. The van der Waals surface area contributed by atoms with Gasteiger partial charge in [0.05, 0.1) is 11.5 Å². The number of benzene rings is 1. The summed E-state index contributed by atoms with van der Waals surface area (Å²) in [5, 5.41) is 6.69. The molecule has 4 rings (SSSR count). The number of hydrogen-bond donors (Lipinski definition) is 1. The number of carbonyl (C=O) groups is 2. The van der Waals surface area contributed by atoms with Crippen LogP contribution in [0.3, 0.4) is 0 Å². The molecule has 0 bridgehead atoms. The van der Waals surface area contributed by atoms with Crippen LogP contribution in [0.15, 0.2) is 28.8 Å². The number of rotatable bonds is 5. The Hall–Kier alpha value is -2.81. The molecular weight excluding hydrogens is 430 g/mol. The summed E-state index contributed by atoms with van der Waals surface area (Å²) in [5.41, 5.74) is 0.333. The largest absolute Gasteiger partial charge is 0.355 e. The van der Waals surface area contributed by atoms with Crippen LogP contribution in [0.25, 0.3) is 11.3 Å². The highest BCUT2D eigenvalue weighted by molar-refractivity contribution is 5.94. The molecule has 1 aromatic heterocycles. The molecule has 2 aromatic rings. The molecule has 178 valence electrons. The van der Waals surface area contributed by atoms with Gasteiger partial charge < -0.3 is 14.7 Å². The molecule has 1 aliphatic heterocycles. The summed E-state index contributed by atoms with van der Waals surface area (Å²) < 4.78 is 32.3. The fourth-order valence-corrected chi connectivity index (χ4v) is 4.98. The van der Waals surface area contributed by atoms with Gasteiger partial charge in [0.1, 0.15) is 11.6 Å². The Kier molecular flexibility index (Phi) is 6.26. The molecule has 1 aromatic carbocycles. The number of carbonyl (C=O) groups excluding carboxylic acids is 2. The van der Waals surface area contributed by atoms with Gasteiger partial charge in [0.2, 0.25) is 5.91 Å². The van der Waals surface area contributed by atoms with Crippen LogP contribution in [-0.4, -0.2) is 66.0 Å². The molecule has 33 heavy (non-hydrogen) atoms. The van der Waals surface area contributed by atoms with Gasteiger partial charge in [-0.1, -0.05) is 19.0 Å². The van der Waals surface area contributed by atoms with E-state index >= 15 is 0 Å². The summed E-state index contributed by atoms with van der Waals surface area (Å²) in [6.07, 6.45) is 2.85. The first-order valence-electron chi connectivity index (χ1n) is 11.2. The summed E-state index contributed by atoms with van der Waals surface area (Å²) in [5.74, 6) is -2.38. The van der Waals surface area contributed by atoms with E-state index in [9.17, 15) is 18.4 Å². The van der Waals surface area contributed by atoms with Crippen LogP contribution in [0, 0.1) is 23.0 Å². The maximum atomic E-state index is 14.0. The molecule has 1 aliphatic carbocycles. The zero-order valence-electron chi connectivity index (χ0n) is 19.4. The Morgan fingerprint density at radius 3 is 2.58 bits per heavy atom. The zero-order valence-corrected chi connectivity index (χ0v) is 19.4. The van der Waals surface area contributed by atoms with Crippen molar-refractivity contribution in [2.45, 2.75) is 45.2 Å². The van der Waals surface area contributed by atoms with Crippen molar-refractivity contribution in [2.24, 2.45) is 11.3 Å². The van der Waals surface area contributed by atoms with Gasteiger partial charge in [-0.2, -0.15) is 0 Å². The number of nitrogens with one attached hydrogen (secondary N) is 1. The molecule has 9 heteroatoms. The maximum absolute atomic E-state index is 14.0. The monoisotopic (exact) mass is 460 g/mol. The van der Waals surface area contributed by atoms with E-state index in [1.807, 2.05) is 0 Å². The summed E-state index contributed by atoms with van der Waals surface area (Å²) in [7, 11) is 3.43. The predicted molar refractivity (Wildman–Crippen MR) is 118 cm³/mol. The Labute approximate surface area is 192 Å². The van der Waals surface area contributed by atoms with Crippen molar-refractivity contribution in [2.75, 3.05) is 27.2 Å². The summed E-state index contributed by atoms with van der Waals surface area (Å²) >= 11 is 0. The van der Waals surface area contributed by atoms with Gasteiger partial charge >= 0.3 is 0 Å². The Balaban J connectivity index is 1.46. The molecule has 0 unspecified atom stereocenters. The highest BCUT2D eigenvalue weighted by Crippen LogP contribution is 2.43. The lowest BCUT2D eigenvalue weighted by Gasteiger charge is -2.51. The summed E-state index contributed by atoms with van der Waals surface area (Å²) in [6, 6.07) is 4.52. The Morgan fingerprint density at radius 2 is 1.94 bits per heavy atom. The summed E-state index contributed by atoms with van der Waals surface area (Å²) in [4.78, 5) is 29.7. The number of halogens is 2. The molecule has 1 N–H and O–H groups in total. The fraction of sp³-hybridized carbons (Fsp3) is 0.542. The number of aromatic nitrogens is 1. The van der Waals surface area contributed by atoms with E-state index in [-0.39, 0.29) is 34.9 Å². The topological polar surface area (TPSA) is 78.7 Å². The molecule has 0 spiro atoms. The second-order valence-electron chi connectivity index (χ2n) is 10.1. The van der Waals surface area contributed by atoms with Crippen molar-refractivity contribution in [1.82, 2.24) is 20.3 Å². The van der Waals surface area contributed by atoms with Crippen molar-refractivity contribution >= 4 is 11.8 Å². The lowest BCUT2D eigenvalue weighted by atomic mass is 9.67. The van der Waals surface area contributed by atoms with Gasteiger partial charge in [-0.15, -0.1) is 0 Å². The van der Waals surface area contributed by atoms with Gasteiger partial charge in [0, 0.05) is 51.4 Å². The van der Waals surface area contributed by atoms with Gasteiger partial charge in [-0.25, -0.2) is 8.78 Å². The van der Waals surface area contributed by atoms with Gasteiger partial charge in [-0.05, 0) is 36.8 Å². The molecule has 1 saturated heterocycles. The molecule has 7 nitrogen and oxygen atoms in total.